The van der Waals surface area contributed by atoms with Crippen LogP contribution < -0.4 is 9.47 Å². The number of amides is 1. The average molecular weight is 401 g/mol. The number of hydrogen-bond acceptors (Lipinski definition) is 7. The van der Waals surface area contributed by atoms with Crippen LogP contribution in [0.25, 0.3) is 0 Å². The van der Waals surface area contributed by atoms with Crippen LogP contribution in [-0.2, 0) is 25.7 Å². The maximum Gasteiger partial charge on any atom is 0.325 e. The van der Waals surface area contributed by atoms with E-state index in [1.807, 2.05) is 30.3 Å². The van der Waals surface area contributed by atoms with Gasteiger partial charge in [0, 0.05) is 5.56 Å². The maximum absolute atomic E-state index is 12.8. The van der Waals surface area contributed by atoms with Crippen molar-refractivity contribution in [2.45, 2.75) is 6.61 Å². The van der Waals surface area contributed by atoms with Gasteiger partial charge in [0.2, 0.25) is 0 Å². The van der Waals surface area contributed by atoms with Gasteiger partial charge in [-0.15, -0.1) is 0 Å². The number of esters is 2. The number of rotatable bonds is 9. The average Bonchev–Trinajstić information content (AvgIpc) is 2.76. The van der Waals surface area contributed by atoms with Crippen molar-refractivity contribution in [1.82, 2.24) is 4.90 Å². The quantitative estimate of drug-likeness (QED) is 0.594. The Kier molecular flexibility index (Phi) is 8.02. The van der Waals surface area contributed by atoms with Crippen LogP contribution in [0.5, 0.6) is 11.5 Å². The van der Waals surface area contributed by atoms with E-state index in [9.17, 15) is 14.4 Å². The molecule has 2 aromatic carbocycles. The number of carbonyl (C=O) groups is 3. The van der Waals surface area contributed by atoms with Crippen molar-refractivity contribution in [3.63, 3.8) is 0 Å². The molecule has 2 rings (SSSR count). The van der Waals surface area contributed by atoms with E-state index in [0.29, 0.717) is 18.1 Å². The van der Waals surface area contributed by atoms with Gasteiger partial charge >= 0.3 is 11.9 Å². The first-order valence-corrected chi connectivity index (χ1v) is 8.76. The van der Waals surface area contributed by atoms with Crippen molar-refractivity contribution in [2.24, 2.45) is 0 Å². The highest BCUT2D eigenvalue weighted by Crippen LogP contribution is 2.29. The lowest BCUT2D eigenvalue weighted by atomic mass is 10.1. The lowest BCUT2D eigenvalue weighted by molar-refractivity contribution is -0.144. The molecule has 2 aromatic rings. The molecule has 0 spiro atoms. The fourth-order valence-electron chi connectivity index (χ4n) is 2.48. The molecule has 0 atom stereocenters. The molecule has 1 amide bonds. The zero-order valence-corrected chi connectivity index (χ0v) is 16.5. The molecule has 0 aliphatic heterocycles. The van der Waals surface area contributed by atoms with Crippen molar-refractivity contribution in [3.8, 4) is 11.5 Å². The van der Waals surface area contributed by atoms with Gasteiger partial charge in [0.1, 0.15) is 19.7 Å². The van der Waals surface area contributed by atoms with E-state index in [1.165, 1.54) is 33.5 Å². The van der Waals surface area contributed by atoms with Crippen molar-refractivity contribution in [1.29, 1.82) is 0 Å². The van der Waals surface area contributed by atoms with Crippen LogP contribution in [-0.4, -0.2) is 57.2 Å². The van der Waals surface area contributed by atoms with E-state index in [4.69, 9.17) is 9.47 Å². The molecule has 0 aliphatic carbocycles. The van der Waals surface area contributed by atoms with Crippen molar-refractivity contribution in [3.05, 3.63) is 59.7 Å². The van der Waals surface area contributed by atoms with Gasteiger partial charge < -0.3 is 23.8 Å². The Morgan fingerprint density at radius 1 is 0.828 bits per heavy atom. The molecule has 0 heterocycles. The van der Waals surface area contributed by atoms with Crippen LogP contribution in [0, 0.1) is 0 Å². The molecular weight excluding hydrogens is 378 g/mol. The second kappa shape index (κ2) is 10.7. The minimum Gasteiger partial charge on any atom is -0.493 e. The van der Waals surface area contributed by atoms with Gasteiger partial charge in [0.05, 0.1) is 21.3 Å². The molecule has 0 fully saturated rings. The van der Waals surface area contributed by atoms with E-state index < -0.39 is 17.8 Å². The standard InChI is InChI=1S/C21H23NO7/c1-26-18-11-16(9-10-17(18)29-14-15-7-5-4-6-8-15)21(25)22(12-19(23)27-2)13-20(24)28-3/h4-11H,12-14H2,1-3H3. The van der Waals surface area contributed by atoms with Gasteiger partial charge in [0.25, 0.3) is 5.91 Å². The lowest BCUT2D eigenvalue weighted by Gasteiger charge is -2.21. The monoisotopic (exact) mass is 401 g/mol. The summed E-state index contributed by atoms with van der Waals surface area (Å²) in [4.78, 5) is 37.1. The van der Waals surface area contributed by atoms with Crippen molar-refractivity contribution in [2.75, 3.05) is 34.4 Å². The topological polar surface area (TPSA) is 91.4 Å². The smallest absolute Gasteiger partial charge is 0.325 e. The Balaban J connectivity index is 2.19. The van der Waals surface area contributed by atoms with Gasteiger partial charge in [-0.25, -0.2) is 0 Å². The number of methoxy groups -OCH3 is 3. The molecule has 8 nitrogen and oxygen atoms in total. The zero-order valence-electron chi connectivity index (χ0n) is 16.5. The Labute approximate surface area is 168 Å². The molecule has 0 aromatic heterocycles. The Morgan fingerprint density at radius 2 is 1.45 bits per heavy atom. The van der Waals surface area contributed by atoms with Gasteiger partial charge in [-0.3, -0.25) is 14.4 Å². The summed E-state index contributed by atoms with van der Waals surface area (Å²) in [5.41, 5.74) is 1.21. The Hall–Kier alpha value is -3.55. The number of carbonyl (C=O) groups excluding carboxylic acids is 3. The third-order valence-corrected chi connectivity index (χ3v) is 4.03. The predicted molar refractivity (Wildman–Crippen MR) is 104 cm³/mol. The first-order chi connectivity index (χ1) is 14.0. The summed E-state index contributed by atoms with van der Waals surface area (Å²) in [5, 5.41) is 0. The molecule has 0 unspecified atom stereocenters. The third-order valence-electron chi connectivity index (χ3n) is 4.03. The highest BCUT2D eigenvalue weighted by atomic mass is 16.5. The molecule has 0 aliphatic rings. The number of hydrogen-bond donors (Lipinski definition) is 0. The summed E-state index contributed by atoms with van der Waals surface area (Å²) >= 11 is 0. The van der Waals surface area contributed by atoms with Gasteiger partial charge in [-0.1, -0.05) is 30.3 Å². The zero-order chi connectivity index (χ0) is 21.2. The molecule has 8 heteroatoms. The van der Waals surface area contributed by atoms with Gasteiger partial charge in [0.15, 0.2) is 11.5 Å². The van der Waals surface area contributed by atoms with Crippen LogP contribution in [0.4, 0.5) is 0 Å². The number of nitrogens with zero attached hydrogens (tertiary/aromatic N) is 1. The molecule has 0 bridgehead atoms. The number of ether oxygens (including phenoxy) is 4. The summed E-state index contributed by atoms with van der Waals surface area (Å²) in [6, 6.07) is 14.2. The fraction of sp³-hybridized carbons (Fsp3) is 0.286. The van der Waals surface area contributed by atoms with Crippen LogP contribution in [0.15, 0.2) is 48.5 Å². The van der Waals surface area contributed by atoms with Crippen molar-refractivity contribution < 1.29 is 33.3 Å². The Morgan fingerprint density at radius 3 is 2.00 bits per heavy atom. The summed E-state index contributed by atoms with van der Waals surface area (Å²) < 4.78 is 20.3. The molecule has 0 radical (unpaired) electrons. The summed E-state index contributed by atoms with van der Waals surface area (Å²) in [7, 11) is 3.86. The van der Waals surface area contributed by atoms with Crippen LogP contribution in [0.1, 0.15) is 15.9 Å². The Bertz CT molecular complexity index is 833. The molecule has 0 N–H and O–H groups in total. The molecule has 29 heavy (non-hydrogen) atoms. The minimum atomic E-state index is -0.656. The fourth-order valence-corrected chi connectivity index (χ4v) is 2.48. The molecule has 154 valence electrons. The first-order valence-electron chi connectivity index (χ1n) is 8.76. The van der Waals surface area contributed by atoms with E-state index in [0.717, 1.165) is 10.5 Å². The first kappa shape index (κ1) is 21.7. The molecule has 0 saturated carbocycles. The summed E-state index contributed by atoms with van der Waals surface area (Å²) in [6.07, 6.45) is 0. The van der Waals surface area contributed by atoms with Crippen LogP contribution in [0.2, 0.25) is 0 Å². The largest absolute Gasteiger partial charge is 0.493 e. The lowest BCUT2D eigenvalue weighted by Crippen LogP contribution is -2.40. The number of benzene rings is 2. The van der Waals surface area contributed by atoms with Crippen molar-refractivity contribution >= 4 is 17.8 Å². The molecular formula is C21H23NO7. The van der Waals surface area contributed by atoms with E-state index in [-0.39, 0.29) is 18.7 Å². The summed E-state index contributed by atoms with van der Waals surface area (Å²) in [6.45, 7) is -0.445. The predicted octanol–water partition coefficient (Wildman–Crippen LogP) is 2.06. The van der Waals surface area contributed by atoms with Crippen LogP contribution >= 0.6 is 0 Å². The van der Waals surface area contributed by atoms with E-state index >= 15 is 0 Å². The van der Waals surface area contributed by atoms with Gasteiger partial charge in [-0.2, -0.15) is 0 Å². The summed E-state index contributed by atoms with van der Waals surface area (Å²) in [5.74, 6) is -1.05. The third kappa shape index (κ3) is 6.24. The second-order valence-corrected chi connectivity index (χ2v) is 5.95. The normalized spacial score (nSPS) is 10.0. The highest BCUT2D eigenvalue weighted by Gasteiger charge is 2.23. The SMILES string of the molecule is COC(=O)CN(CC(=O)OC)C(=O)c1ccc(OCc2ccccc2)c(OC)c1. The van der Waals surface area contributed by atoms with Gasteiger partial charge in [-0.05, 0) is 23.8 Å². The van der Waals surface area contributed by atoms with Crippen LogP contribution in [0.3, 0.4) is 0 Å². The maximum atomic E-state index is 12.8. The highest BCUT2D eigenvalue weighted by molar-refractivity contribution is 5.98. The second-order valence-electron chi connectivity index (χ2n) is 5.95. The van der Waals surface area contributed by atoms with E-state index in [1.54, 1.807) is 6.07 Å². The minimum absolute atomic E-state index is 0.224. The molecule has 0 saturated heterocycles. The van der Waals surface area contributed by atoms with E-state index in [2.05, 4.69) is 9.47 Å².